The summed E-state index contributed by atoms with van der Waals surface area (Å²) in [5.74, 6) is 1.21. The Hall–Kier alpha value is -0.610. The largest absolute Gasteiger partial charge is 0.340 e. The number of rotatable bonds is 4. The highest BCUT2D eigenvalue weighted by molar-refractivity contribution is 5.76. The SMILES string of the molecule is CCCC(=O)N1CCN(CC2CCNCC2)CC1. The number of hydrogen-bond donors (Lipinski definition) is 1. The molecule has 2 aliphatic heterocycles. The summed E-state index contributed by atoms with van der Waals surface area (Å²) in [6.45, 7) is 9.67. The number of nitrogens with zero attached hydrogens (tertiary/aromatic N) is 2. The minimum Gasteiger partial charge on any atom is -0.340 e. The number of nitrogens with one attached hydrogen (secondary N) is 1. The molecule has 2 saturated heterocycles. The summed E-state index contributed by atoms with van der Waals surface area (Å²) in [4.78, 5) is 16.4. The molecule has 18 heavy (non-hydrogen) atoms. The molecule has 0 radical (unpaired) electrons. The number of carbonyl (C=O) groups excluding carboxylic acids is 1. The number of piperidine rings is 1. The van der Waals surface area contributed by atoms with E-state index in [1.54, 1.807) is 0 Å². The van der Waals surface area contributed by atoms with Gasteiger partial charge in [0.25, 0.3) is 0 Å². The van der Waals surface area contributed by atoms with Crippen LogP contribution in [0.25, 0.3) is 0 Å². The lowest BCUT2D eigenvalue weighted by Gasteiger charge is -2.37. The van der Waals surface area contributed by atoms with Crippen molar-refractivity contribution in [3.05, 3.63) is 0 Å². The Bertz CT molecular complexity index is 256. The van der Waals surface area contributed by atoms with Gasteiger partial charge in [-0.1, -0.05) is 6.92 Å². The third kappa shape index (κ3) is 3.95. The molecule has 0 aromatic carbocycles. The first-order chi connectivity index (χ1) is 8.79. The fourth-order valence-electron chi connectivity index (χ4n) is 2.98. The molecule has 0 bridgehead atoms. The van der Waals surface area contributed by atoms with Gasteiger partial charge in [-0.2, -0.15) is 0 Å². The first kappa shape index (κ1) is 13.8. The second kappa shape index (κ2) is 7.10. The van der Waals surface area contributed by atoms with E-state index in [9.17, 15) is 4.79 Å². The lowest BCUT2D eigenvalue weighted by molar-refractivity contribution is -0.133. The van der Waals surface area contributed by atoms with Crippen LogP contribution in [0.3, 0.4) is 0 Å². The molecule has 0 saturated carbocycles. The van der Waals surface area contributed by atoms with Crippen molar-refractivity contribution < 1.29 is 4.79 Å². The molecule has 2 fully saturated rings. The average molecular weight is 253 g/mol. The van der Waals surface area contributed by atoms with E-state index in [1.807, 2.05) is 4.90 Å². The number of amides is 1. The van der Waals surface area contributed by atoms with Crippen LogP contribution >= 0.6 is 0 Å². The van der Waals surface area contributed by atoms with Crippen molar-refractivity contribution in [2.75, 3.05) is 45.8 Å². The molecule has 0 unspecified atom stereocenters. The fourth-order valence-corrected chi connectivity index (χ4v) is 2.98. The fraction of sp³-hybridized carbons (Fsp3) is 0.929. The Morgan fingerprint density at radius 3 is 2.44 bits per heavy atom. The van der Waals surface area contributed by atoms with Gasteiger partial charge in [-0.3, -0.25) is 9.69 Å². The van der Waals surface area contributed by atoms with Crippen molar-refractivity contribution in [1.82, 2.24) is 15.1 Å². The summed E-state index contributed by atoms with van der Waals surface area (Å²) in [6, 6.07) is 0. The van der Waals surface area contributed by atoms with Gasteiger partial charge in [0.2, 0.25) is 5.91 Å². The first-order valence-corrected chi connectivity index (χ1v) is 7.50. The van der Waals surface area contributed by atoms with E-state index in [1.165, 1.54) is 32.5 Å². The molecule has 2 heterocycles. The Morgan fingerprint density at radius 2 is 1.83 bits per heavy atom. The molecule has 104 valence electrons. The van der Waals surface area contributed by atoms with E-state index in [2.05, 4.69) is 17.1 Å². The summed E-state index contributed by atoms with van der Waals surface area (Å²) >= 11 is 0. The van der Waals surface area contributed by atoms with Gasteiger partial charge in [0.05, 0.1) is 0 Å². The minimum absolute atomic E-state index is 0.346. The Labute approximate surface area is 111 Å². The van der Waals surface area contributed by atoms with Gasteiger partial charge in [-0.25, -0.2) is 0 Å². The third-order valence-corrected chi connectivity index (χ3v) is 4.16. The molecule has 0 aromatic heterocycles. The maximum Gasteiger partial charge on any atom is 0.222 e. The Morgan fingerprint density at radius 1 is 1.17 bits per heavy atom. The minimum atomic E-state index is 0.346. The van der Waals surface area contributed by atoms with E-state index in [-0.39, 0.29) is 0 Å². The molecule has 0 aromatic rings. The predicted molar refractivity (Wildman–Crippen MR) is 73.5 cm³/mol. The monoisotopic (exact) mass is 253 g/mol. The molecular formula is C14H27N3O. The molecule has 0 spiro atoms. The van der Waals surface area contributed by atoms with Crippen LogP contribution in [0.2, 0.25) is 0 Å². The van der Waals surface area contributed by atoms with E-state index >= 15 is 0 Å². The molecule has 4 heteroatoms. The van der Waals surface area contributed by atoms with Crippen molar-refractivity contribution in [2.45, 2.75) is 32.6 Å². The Kier molecular flexibility index (Phi) is 5.45. The zero-order valence-corrected chi connectivity index (χ0v) is 11.7. The van der Waals surface area contributed by atoms with Crippen LogP contribution in [0.15, 0.2) is 0 Å². The highest BCUT2D eigenvalue weighted by atomic mass is 16.2. The van der Waals surface area contributed by atoms with Crippen LogP contribution in [0, 0.1) is 5.92 Å². The summed E-state index contributed by atoms with van der Waals surface area (Å²) in [5, 5.41) is 3.42. The van der Waals surface area contributed by atoms with Gasteiger partial charge in [-0.15, -0.1) is 0 Å². The van der Waals surface area contributed by atoms with Crippen LogP contribution in [0.1, 0.15) is 32.6 Å². The van der Waals surface area contributed by atoms with Gasteiger partial charge in [0, 0.05) is 39.1 Å². The second-order valence-electron chi connectivity index (χ2n) is 5.62. The van der Waals surface area contributed by atoms with E-state index in [4.69, 9.17) is 0 Å². The molecule has 0 aliphatic carbocycles. The summed E-state index contributed by atoms with van der Waals surface area (Å²) in [6.07, 6.45) is 4.31. The van der Waals surface area contributed by atoms with Crippen molar-refractivity contribution in [3.8, 4) is 0 Å². The highest BCUT2D eigenvalue weighted by Crippen LogP contribution is 2.15. The molecular weight excluding hydrogens is 226 g/mol. The zero-order valence-electron chi connectivity index (χ0n) is 11.7. The van der Waals surface area contributed by atoms with Gasteiger partial charge in [0.15, 0.2) is 0 Å². The van der Waals surface area contributed by atoms with E-state index < -0.39 is 0 Å². The first-order valence-electron chi connectivity index (χ1n) is 7.50. The number of carbonyl (C=O) groups is 1. The molecule has 2 rings (SSSR count). The highest BCUT2D eigenvalue weighted by Gasteiger charge is 2.23. The standard InChI is InChI=1S/C14H27N3O/c1-2-3-14(18)17-10-8-16(9-11-17)12-13-4-6-15-7-5-13/h13,15H,2-12H2,1H3. The summed E-state index contributed by atoms with van der Waals surface area (Å²) < 4.78 is 0. The normalized spacial score (nSPS) is 23.3. The van der Waals surface area contributed by atoms with Crippen LogP contribution < -0.4 is 5.32 Å². The zero-order chi connectivity index (χ0) is 12.8. The van der Waals surface area contributed by atoms with Crippen molar-refractivity contribution in [1.29, 1.82) is 0 Å². The van der Waals surface area contributed by atoms with E-state index in [0.717, 1.165) is 38.5 Å². The summed E-state index contributed by atoms with van der Waals surface area (Å²) in [5.41, 5.74) is 0. The van der Waals surface area contributed by atoms with Gasteiger partial charge >= 0.3 is 0 Å². The maximum atomic E-state index is 11.8. The van der Waals surface area contributed by atoms with Crippen LogP contribution in [0.5, 0.6) is 0 Å². The lowest BCUT2D eigenvalue weighted by Crippen LogP contribution is -2.50. The smallest absolute Gasteiger partial charge is 0.222 e. The second-order valence-corrected chi connectivity index (χ2v) is 5.62. The van der Waals surface area contributed by atoms with Crippen LogP contribution in [-0.2, 0) is 4.79 Å². The van der Waals surface area contributed by atoms with Gasteiger partial charge in [0.1, 0.15) is 0 Å². The predicted octanol–water partition coefficient (Wildman–Crippen LogP) is 0.930. The molecule has 1 N–H and O–H groups in total. The molecule has 4 nitrogen and oxygen atoms in total. The number of hydrogen-bond acceptors (Lipinski definition) is 3. The van der Waals surface area contributed by atoms with Crippen LogP contribution in [0.4, 0.5) is 0 Å². The maximum absolute atomic E-state index is 11.8. The van der Waals surface area contributed by atoms with Crippen molar-refractivity contribution >= 4 is 5.91 Å². The third-order valence-electron chi connectivity index (χ3n) is 4.16. The van der Waals surface area contributed by atoms with Crippen molar-refractivity contribution in [3.63, 3.8) is 0 Å². The lowest BCUT2D eigenvalue weighted by atomic mass is 9.97. The average Bonchev–Trinajstić information content (AvgIpc) is 2.41. The summed E-state index contributed by atoms with van der Waals surface area (Å²) in [7, 11) is 0. The Balaban J connectivity index is 1.68. The number of piperazine rings is 1. The van der Waals surface area contributed by atoms with Gasteiger partial charge in [-0.05, 0) is 38.3 Å². The molecule has 2 aliphatic rings. The van der Waals surface area contributed by atoms with Crippen molar-refractivity contribution in [2.24, 2.45) is 5.92 Å². The topological polar surface area (TPSA) is 35.6 Å². The molecule has 0 atom stereocenters. The quantitative estimate of drug-likeness (QED) is 0.809. The van der Waals surface area contributed by atoms with Crippen LogP contribution in [-0.4, -0.2) is 61.5 Å². The molecule has 1 amide bonds. The van der Waals surface area contributed by atoms with Gasteiger partial charge < -0.3 is 10.2 Å². The van der Waals surface area contributed by atoms with E-state index in [0.29, 0.717) is 12.3 Å².